The number of amides is 1. The van der Waals surface area contributed by atoms with Gasteiger partial charge in [0.25, 0.3) is 5.91 Å². The van der Waals surface area contributed by atoms with Crippen LogP contribution >= 0.6 is 0 Å². The topological polar surface area (TPSA) is 39.3 Å². The van der Waals surface area contributed by atoms with Gasteiger partial charge in [-0.15, -0.1) is 0 Å². The monoisotopic (exact) mass is 327 g/mol. The van der Waals surface area contributed by atoms with Crippen molar-refractivity contribution >= 4 is 16.8 Å². The van der Waals surface area contributed by atoms with E-state index in [2.05, 4.69) is 50.7 Å². The number of carbonyl (C=O) groups excluding carboxylic acids is 1. The molecule has 4 heteroatoms. The van der Waals surface area contributed by atoms with Crippen molar-refractivity contribution in [2.75, 3.05) is 27.2 Å². The number of H-pyrrole nitrogens is 1. The maximum absolute atomic E-state index is 13.1. The minimum Gasteiger partial charge on any atom is -0.358 e. The van der Waals surface area contributed by atoms with Crippen molar-refractivity contribution in [2.24, 2.45) is 5.92 Å². The van der Waals surface area contributed by atoms with Gasteiger partial charge in [0.15, 0.2) is 0 Å². The third-order valence-electron chi connectivity index (χ3n) is 6.21. The van der Waals surface area contributed by atoms with Crippen LogP contribution in [0.25, 0.3) is 10.9 Å². The van der Waals surface area contributed by atoms with Crippen LogP contribution < -0.4 is 0 Å². The number of nitrogens with one attached hydrogen (secondary N) is 1. The Morgan fingerprint density at radius 1 is 1.38 bits per heavy atom. The van der Waals surface area contributed by atoms with E-state index in [9.17, 15) is 4.79 Å². The van der Waals surface area contributed by atoms with Crippen LogP contribution in [0.3, 0.4) is 0 Å². The second-order valence-electron chi connectivity index (χ2n) is 7.85. The number of para-hydroxylation sites is 1. The van der Waals surface area contributed by atoms with E-state index in [1.165, 1.54) is 5.56 Å². The van der Waals surface area contributed by atoms with Crippen molar-refractivity contribution in [1.29, 1.82) is 0 Å². The fourth-order valence-corrected chi connectivity index (χ4v) is 3.90. The smallest absolute Gasteiger partial charge is 0.255 e. The molecule has 130 valence electrons. The van der Waals surface area contributed by atoms with Crippen LogP contribution in [-0.4, -0.2) is 53.4 Å². The molecule has 1 fully saturated rings. The normalized spacial score (nSPS) is 20.7. The summed E-state index contributed by atoms with van der Waals surface area (Å²) in [6.45, 7) is 10.6. The van der Waals surface area contributed by atoms with E-state index in [-0.39, 0.29) is 11.4 Å². The molecule has 1 aromatic carbocycles. The number of likely N-dealkylation sites (tertiary alicyclic amines) is 1. The Morgan fingerprint density at radius 3 is 2.71 bits per heavy atom. The van der Waals surface area contributed by atoms with Crippen LogP contribution in [0.15, 0.2) is 18.2 Å². The van der Waals surface area contributed by atoms with Gasteiger partial charge in [-0.2, -0.15) is 0 Å². The number of aromatic nitrogens is 1. The molecule has 1 atom stereocenters. The van der Waals surface area contributed by atoms with Crippen molar-refractivity contribution in [3.63, 3.8) is 0 Å². The molecular formula is C20H29N3O. The maximum atomic E-state index is 13.1. The van der Waals surface area contributed by atoms with Crippen LogP contribution in [0.4, 0.5) is 0 Å². The lowest BCUT2D eigenvalue weighted by Gasteiger charge is -2.35. The molecule has 3 rings (SSSR count). The molecule has 0 unspecified atom stereocenters. The molecule has 0 bridgehead atoms. The summed E-state index contributed by atoms with van der Waals surface area (Å²) < 4.78 is 0. The standard InChI is InChI=1S/C20H29N3O/c1-13-14(2)21-18-16(13)8-7-9-17(18)19(24)22(5)12-15-10-11-23(6)20(15,3)4/h7-9,15,21H,10-12H2,1-6H3/t15-/m1/s1. The molecule has 0 aliphatic carbocycles. The van der Waals surface area contributed by atoms with Gasteiger partial charge in [-0.25, -0.2) is 0 Å². The van der Waals surface area contributed by atoms with Gasteiger partial charge in [0, 0.05) is 30.2 Å². The summed E-state index contributed by atoms with van der Waals surface area (Å²) in [6.07, 6.45) is 1.14. The third-order valence-corrected chi connectivity index (χ3v) is 6.21. The lowest BCUT2D eigenvalue weighted by atomic mass is 9.88. The summed E-state index contributed by atoms with van der Waals surface area (Å²) in [5.41, 5.74) is 4.23. The van der Waals surface area contributed by atoms with Crippen LogP contribution in [-0.2, 0) is 0 Å². The first-order valence-corrected chi connectivity index (χ1v) is 8.78. The highest BCUT2D eigenvalue weighted by Gasteiger charge is 2.39. The number of hydrogen-bond donors (Lipinski definition) is 1. The molecule has 0 spiro atoms. The van der Waals surface area contributed by atoms with E-state index in [1.54, 1.807) is 0 Å². The fraction of sp³-hybridized carbons (Fsp3) is 0.550. The van der Waals surface area contributed by atoms with Crippen molar-refractivity contribution in [1.82, 2.24) is 14.8 Å². The highest BCUT2D eigenvalue weighted by molar-refractivity contribution is 6.06. The molecular weight excluding hydrogens is 298 g/mol. The summed E-state index contributed by atoms with van der Waals surface area (Å²) in [7, 11) is 4.10. The van der Waals surface area contributed by atoms with E-state index >= 15 is 0 Å². The highest BCUT2D eigenvalue weighted by atomic mass is 16.2. The Bertz CT molecular complexity index is 775. The van der Waals surface area contributed by atoms with E-state index in [4.69, 9.17) is 0 Å². The second-order valence-corrected chi connectivity index (χ2v) is 7.85. The number of hydrogen-bond acceptors (Lipinski definition) is 2. The van der Waals surface area contributed by atoms with Gasteiger partial charge in [-0.05, 0) is 65.3 Å². The lowest BCUT2D eigenvalue weighted by Crippen LogP contribution is -2.44. The Labute approximate surface area is 144 Å². The zero-order valence-electron chi connectivity index (χ0n) is 15.7. The Balaban J connectivity index is 1.86. The zero-order valence-corrected chi connectivity index (χ0v) is 15.7. The molecule has 4 nitrogen and oxygen atoms in total. The van der Waals surface area contributed by atoms with Gasteiger partial charge in [0.2, 0.25) is 0 Å². The first-order valence-electron chi connectivity index (χ1n) is 8.78. The molecule has 0 saturated carbocycles. The fourth-order valence-electron chi connectivity index (χ4n) is 3.90. The molecule has 1 amide bonds. The van der Waals surface area contributed by atoms with Crippen molar-refractivity contribution < 1.29 is 4.79 Å². The molecule has 1 saturated heterocycles. The Morgan fingerprint density at radius 2 is 2.08 bits per heavy atom. The minimum atomic E-state index is 0.104. The highest BCUT2D eigenvalue weighted by Crippen LogP contribution is 2.34. The number of fused-ring (bicyclic) bond motifs is 1. The first kappa shape index (κ1) is 17.0. The second kappa shape index (κ2) is 5.92. The molecule has 2 heterocycles. The number of aromatic amines is 1. The predicted octanol–water partition coefficient (Wildman–Crippen LogP) is 3.59. The molecule has 1 aliphatic rings. The number of rotatable bonds is 3. The van der Waals surface area contributed by atoms with Gasteiger partial charge in [-0.1, -0.05) is 12.1 Å². The third kappa shape index (κ3) is 2.63. The lowest BCUT2D eigenvalue weighted by molar-refractivity contribution is 0.0730. The summed E-state index contributed by atoms with van der Waals surface area (Å²) >= 11 is 0. The van der Waals surface area contributed by atoms with E-state index in [0.29, 0.717) is 5.92 Å². The van der Waals surface area contributed by atoms with Crippen molar-refractivity contribution in [2.45, 2.75) is 39.7 Å². The summed E-state index contributed by atoms with van der Waals surface area (Å²) in [5, 5.41) is 1.15. The van der Waals surface area contributed by atoms with Gasteiger partial charge in [0.05, 0.1) is 11.1 Å². The van der Waals surface area contributed by atoms with Gasteiger partial charge < -0.3 is 14.8 Å². The van der Waals surface area contributed by atoms with Gasteiger partial charge in [-0.3, -0.25) is 4.79 Å². The number of benzene rings is 1. The van der Waals surface area contributed by atoms with E-state index in [0.717, 1.165) is 41.7 Å². The largest absolute Gasteiger partial charge is 0.358 e. The first-order chi connectivity index (χ1) is 11.2. The van der Waals surface area contributed by atoms with Crippen molar-refractivity contribution in [3.8, 4) is 0 Å². The van der Waals surface area contributed by atoms with Crippen LogP contribution in [0.2, 0.25) is 0 Å². The van der Waals surface area contributed by atoms with E-state index < -0.39 is 0 Å². The zero-order chi connectivity index (χ0) is 17.6. The average Bonchev–Trinajstić information content (AvgIpc) is 2.97. The predicted molar refractivity (Wildman–Crippen MR) is 99.5 cm³/mol. The van der Waals surface area contributed by atoms with Crippen molar-refractivity contribution in [3.05, 3.63) is 35.0 Å². The maximum Gasteiger partial charge on any atom is 0.255 e. The average molecular weight is 327 g/mol. The van der Waals surface area contributed by atoms with Gasteiger partial charge >= 0.3 is 0 Å². The van der Waals surface area contributed by atoms with Crippen LogP contribution in [0, 0.1) is 19.8 Å². The van der Waals surface area contributed by atoms with Gasteiger partial charge in [0.1, 0.15) is 0 Å². The summed E-state index contributed by atoms with van der Waals surface area (Å²) in [6, 6.07) is 6.00. The minimum absolute atomic E-state index is 0.104. The van der Waals surface area contributed by atoms with Crippen LogP contribution in [0.1, 0.15) is 41.9 Å². The number of nitrogens with zero attached hydrogens (tertiary/aromatic N) is 2. The van der Waals surface area contributed by atoms with E-state index in [1.807, 2.05) is 24.1 Å². The number of aryl methyl sites for hydroxylation is 2. The molecule has 1 aliphatic heterocycles. The molecule has 1 aromatic heterocycles. The molecule has 24 heavy (non-hydrogen) atoms. The Hall–Kier alpha value is -1.81. The number of carbonyl (C=O) groups is 1. The summed E-state index contributed by atoms with van der Waals surface area (Å²) in [5.74, 6) is 0.606. The molecule has 1 N–H and O–H groups in total. The summed E-state index contributed by atoms with van der Waals surface area (Å²) in [4.78, 5) is 20.7. The Kier molecular flexibility index (Phi) is 4.20. The molecule has 0 radical (unpaired) electrons. The molecule has 2 aromatic rings. The SMILES string of the molecule is Cc1[nH]c2c(C(=O)N(C)C[C@H]3CCN(C)C3(C)C)cccc2c1C. The quantitative estimate of drug-likeness (QED) is 0.936. The van der Waals surface area contributed by atoms with Crippen LogP contribution in [0.5, 0.6) is 0 Å².